The average molecular weight is 300 g/mol. The molecule has 7 heteroatoms. The third kappa shape index (κ3) is 5.54. The topological polar surface area (TPSA) is 94.3 Å². The van der Waals surface area contributed by atoms with Crippen molar-refractivity contribution in [2.24, 2.45) is 5.73 Å². The van der Waals surface area contributed by atoms with Crippen molar-refractivity contribution in [2.45, 2.75) is 19.8 Å². The molecule has 0 aliphatic carbocycles. The van der Waals surface area contributed by atoms with Gasteiger partial charge in [-0.05, 0) is 18.1 Å². The molecule has 0 aliphatic heterocycles. The number of carbonyl (C=O) groups is 2. The Labute approximate surface area is 122 Å². The van der Waals surface area contributed by atoms with E-state index in [2.05, 4.69) is 10.3 Å². The van der Waals surface area contributed by atoms with Gasteiger partial charge in [0, 0.05) is 17.8 Å². The third-order valence-corrected chi connectivity index (χ3v) is 2.64. The van der Waals surface area contributed by atoms with Crippen molar-refractivity contribution in [1.82, 2.24) is 10.3 Å². The van der Waals surface area contributed by atoms with Crippen LogP contribution in [0.2, 0.25) is 5.15 Å². The van der Waals surface area contributed by atoms with Crippen molar-refractivity contribution in [2.75, 3.05) is 19.8 Å². The van der Waals surface area contributed by atoms with Gasteiger partial charge in [0.2, 0.25) is 5.91 Å². The molecule has 1 rings (SSSR count). The molecule has 110 valence electrons. The SMILES string of the molecule is CC(C)c1cc(C(=O)NCCOCC(N)=O)cc(Cl)n1. The molecule has 0 unspecified atom stereocenters. The van der Waals surface area contributed by atoms with E-state index in [1.807, 2.05) is 13.8 Å². The Hall–Kier alpha value is -1.66. The van der Waals surface area contributed by atoms with E-state index in [-0.39, 0.29) is 36.7 Å². The number of hydrogen-bond donors (Lipinski definition) is 2. The highest BCUT2D eigenvalue weighted by Crippen LogP contribution is 2.17. The Morgan fingerprint density at radius 3 is 2.75 bits per heavy atom. The summed E-state index contributed by atoms with van der Waals surface area (Å²) in [6.07, 6.45) is 0. The van der Waals surface area contributed by atoms with Crippen LogP contribution in [0.3, 0.4) is 0 Å². The molecule has 0 saturated heterocycles. The number of nitrogens with zero attached hydrogens (tertiary/aromatic N) is 1. The second-order valence-electron chi connectivity index (χ2n) is 4.53. The lowest BCUT2D eigenvalue weighted by atomic mass is 10.1. The number of amides is 2. The number of nitrogens with two attached hydrogens (primary N) is 1. The van der Waals surface area contributed by atoms with Crippen molar-refractivity contribution >= 4 is 23.4 Å². The van der Waals surface area contributed by atoms with Crippen molar-refractivity contribution in [3.05, 3.63) is 28.5 Å². The number of nitrogens with one attached hydrogen (secondary N) is 1. The van der Waals surface area contributed by atoms with Gasteiger partial charge < -0.3 is 15.8 Å². The van der Waals surface area contributed by atoms with E-state index in [9.17, 15) is 9.59 Å². The largest absolute Gasteiger partial charge is 0.370 e. The molecule has 0 spiro atoms. The Morgan fingerprint density at radius 1 is 1.45 bits per heavy atom. The van der Waals surface area contributed by atoms with E-state index >= 15 is 0 Å². The van der Waals surface area contributed by atoms with Crippen LogP contribution in [0.4, 0.5) is 0 Å². The lowest BCUT2D eigenvalue weighted by Gasteiger charge is -2.09. The fourth-order valence-corrected chi connectivity index (χ4v) is 1.67. The normalized spacial score (nSPS) is 10.6. The van der Waals surface area contributed by atoms with E-state index in [1.165, 1.54) is 6.07 Å². The summed E-state index contributed by atoms with van der Waals surface area (Å²) < 4.78 is 4.94. The minimum Gasteiger partial charge on any atom is -0.370 e. The summed E-state index contributed by atoms with van der Waals surface area (Å²) in [4.78, 5) is 26.5. The number of halogens is 1. The fraction of sp³-hybridized carbons (Fsp3) is 0.462. The molecule has 0 saturated carbocycles. The number of ether oxygens (including phenoxy) is 1. The molecule has 6 nitrogen and oxygen atoms in total. The van der Waals surface area contributed by atoms with Crippen LogP contribution in [0.25, 0.3) is 0 Å². The quantitative estimate of drug-likeness (QED) is 0.582. The van der Waals surface area contributed by atoms with Crippen LogP contribution in [0.5, 0.6) is 0 Å². The van der Waals surface area contributed by atoms with Gasteiger partial charge in [-0.2, -0.15) is 0 Å². The molecular weight excluding hydrogens is 282 g/mol. The third-order valence-electron chi connectivity index (χ3n) is 2.44. The first kappa shape index (κ1) is 16.4. The first-order valence-electron chi connectivity index (χ1n) is 6.22. The van der Waals surface area contributed by atoms with Crippen LogP contribution < -0.4 is 11.1 Å². The highest BCUT2D eigenvalue weighted by molar-refractivity contribution is 6.29. The van der Waals surface area contributed by atoms with E-state index < -0.39 is 5.91 Å². The van der Waals surface area contributed by atoms with Gasteiger partial charge in [-0.25, -0.2) is 4.98 Å². The van der Waals surface area contributed by atoms with Gasteiger partial charge in [-0.15, -0.1) is 0 Å². The van der Waals surface area contributed by atoms with Gasteiger partial charge in [0.05, 0.1) is 6.61 Å². The molecule has 20 heavy (non-hydrogen) atoms. The van der Waals surface area contributed by atoms with Gasteiger partial charge in [0.1, 0.15) is 11.8 Å². The first-order valence-corrected chi connectivity index (χ1v) is 6.59. The minimum absolute atomic E-state index is 0.158. The molecule has 0 fully saturated rings. The molecule has 1 heterocycles. The molecule has 0 aromatic carbocycles. The highest BCUT2D eigenvalue weighted by Gasteiger charge is 2.10. The summed E-state index contributed by atoms with van der Waals surface area (Å²) in [6.45, 7) is 4.28. The molecule has 0 bridgehead atoms. The monoisotopic (exact) mass is 299 g/mol. The van der Waals surface area contributed by atoms with Crippen LogP contribution in [0, 0.1) is 0 Å². The van der Waals surface area contributed by atoms with Gasteiger partial charge in [0.25, 0.3) is 5.91 Å². The van der Waals surface area contributed by atoms with Crippen molar-refractivity contribution in [3.8, 4) is 0 Å². The summed E-state index contributed by atoms with van der Waals surface area (Å²) >= 11 is 5.89. The maximum absolute atomic E-state index is 11.9. The first-order chi connectivity index (χ1) is 9.40. The van der Waals surface area contributed by atoms with Gasteiger partial charge in [-0.3, -0.25) is 9.59 Å². The number of carbonyl (C=O) groups excluding carboxylic acids is 2. The summed E-state index contributed by atoms with van der Waals surface area (Å²) in [5.41, 5.74) is 6.12. The van der Waals surface area contributed by atoms with Crippen LogP contribution in [-0.4, -0.2) is 36.6 Å². The van der Waals surface area contributed by atoms with Gasteiger partial charge >= 0.3 is 0 Å². The van der Waals surface area contributed by atoms with Crippen molar-refractivity contribution in [1.29, 1.82) is 0 Å². The van der Waals surface area contributed by atoms with Crippen LogP contribution >= 0.6 is 11.6 Å². The standard InChI is InChI=1S/C13H18ClN3O3/c1-8(2)10-5-9(6-11(14)17-10)13(19)16-3-4-20-7-12(15)18/h5-6,8H,3-4,7H2,1-2H3,(H2,15,18)(H,16,19). The maximum Gasteiger partial charge on any atom is 0.251 e. The summed E-state index contributed by atoms with van der Waals surface area (Å²) in [7, 11) is 0. The predicted molar refractivity (Wildman–Crippen MR) is 75.7 cm³/mol. The molecule has 2 amide bonds. The number of pyridine rings is 1. The Balaban J connectivity index is 2.53. The second kappa shape index (κ2) is 7.81. The lowest BCUT2D eigenvalue weighted by molar-refractivity contribution is -0.122. The molecule has 0 radical (unpaired) electrons. The van der Waals surface area contributed by atoms with Crippen LogP contribution in [0.15, 0.2) is 12.1 Å². The molecule has 1 aromatic rings. The molecular formula is C13H18ClN3O3. The Morgan fingerprint density at radius 2 is 2.15 bits per heavy atom. The molecule has 0 aliphatic rings. The van der Waals surface area contributed by atoms with E-state index in [4.69, 9.17) is 22.1 Å². The number of rotatable bonds is 7. The maximum atomic E-state index is 11.9. The lowest BCUT2D eigenvalue weighted by Crippen LogP contribution is -2.29. The second-order valence-corrected chi connectivity index (χ2v) is 4.92. The molecule has 1 aromatic heterocycles. The van der Waals surface area contributed by atoms with Crippen LogP contribution in [-0.2, 0) is 9.53 Å². The summed E-state index contributed by atoms with van der Waals surface area (Å²) in [6, 6.07) is 3.21. The van der Waals surface area contributed by atoms with Crippen molar-refractivity contribution < 1.29 is 14.3 Å². The molecule has 0 atom stereocenters. The van der Waals surface area contributed by atoms with E-state index in [1.54, 1.807) is 6.07 Å². The zero-order chi connectivity index (χ0) is 15.1. The Kier molecular flexibility index (Phi) is 6.41. The van der Waals surface area contributed by atoms with Crippen molar-refractivity contribution in [3.63, 3.8) is 0 Å². The number of aromatic nitrogens is 1. The van der Waals surface area contributed by atoms with E-state index in [0.717, 1.165) is 5.69 Å². The minimum atomic E-state index is -0.543. The zero-order valence-electron chi connectivity index (χ0n) is 11.5. The summed E-state index contributed by atoms with van der Waals surface area (Å²) in [5.74, 6) is -0.628. The highest BCUT2D eigenvalue weighted by atomic mass is 35.5. The zero-order valence-corrected chi connectivity index (χ0v) is 12.2. The number of primary amides is 1. The smallest absolute Gasteiger partial charge is 0.251 e. The van der Waals surface area contributed by atoms with Gasteiger partial charge in [-0.1, -0.05) is 25.4 Å². The summed E-state index contributed by atoms with van der Waals surface area (Å²) in [5, 5.41) is 2.95. The fourth-order valence-electron chi connectivity index (χ4n) is 1.46. The Bertz CT molecular complexity index is 492. The van der Waals surface area contributed by atoms with E-state index in [0.29, 0.717) is 5.56 Å². The van der Waals surface area contributed by atoms with Crippen LogP contribution in [0.1, 0.15) is 35.8 Å². The van der Waals surface area contributed by atoms with Gasteiger partial charge in [0.15, 0.2) is 0 Å². The predicted octanol–water partition coefficient (Wildman–Crippen LogP) is 1.09. The molecule has 3 N–H and O–H groups in total. The average Bonchev–Trinajstić information content (AvgIpc) is 2.36. The number of hydrogen-bond acceptors (Lipinski definition) is 4.